The van der Waals surface area contributed by atoms with Crippen molar-refractivity contribution >= 4 is 27.5 Å². The van der Waals surface area contributed by atoms with Crippen molar-refractivity contribution in [1.82, 2.24) is 10.2 Å². The highest BCUT2D eigenvalue weighted by atomic mass is 32.2. The van der Waals surface area contributed by atoms with Gasteiger partial charge in [0.15, 0.2) is 0 Å². The molecule has 1 unspecified atom stereocenters. The van der Waals surface area contributed by atoms with Crippen LogP contribution in [-0.4, -0.2) is 57.6 Å². The van der Waals surface area contributed by atoms with E-state index in [1.54, 1.807) is 18.1 Å². The molecule has 0 aromatic heterocycles. The van der Waals surface area contributed by atoms with Gasteiger partial charge in [0.05, 0.1) is 19.1 Å². The van der Waals surface area contributed by atoms with E-state index in [1.165, 1.54) is 10.6 Å². The van der Waals surface area contributed by atoms with Gasteiger partial charge < -0.3 is 15.0 Å². The van der Waals surface area contributed by atoms with Crippen LogP contribution < -0.4 is 14.4 Å². The van der Waals surface area contributed by atoms with Crippen molar-refractivity contribution in [3.05, 3.63) is 59.2 Å². The summed E-state index contributed by atoms with van der Waals surface area (Å²) in [6.45, 7) is 10.7. The first-order valence-electron chi connectivity index (χ1n) is 13.1. The Labute approximate surface area is 228 Å². The molecule has 0 spiro atoms. The molecule has 2 aromatic rings. The zero-order chi connectivity index (χ0) is 28.5. The molecule has 9 heteroatoms. The lowest BCUT2D eigenvalue weighted by Gasteiger charge is -2.31. The van der Waals surface area contributed by atoms with Crippen molar-refractivity contribution in [2.24, 2.45) is 5.92 Å². The molecule has 38 heavy (non-hydrogen) atoms. The summed E-state index contributed by atoms with van der Waals surface area (Å²) in [5.41, 5.74) is 3.35. The molecule has 0 aliphatic rings. The molecule has 8 nitrogen and oxygen atoms in total. The summed E-state index contributed by atoms with van der Waals surface area (Å²) in [5, 5.41) is 2.96. The Balaban J connectivity index is 2.26. The normalized spacial score (nSPS) is 12.2. The SMILES string of the molecule is CCC(C(=O)NCC(C)C)N(Cc1cccc(OC)c1)C(=O)CCCN(c1cccc(C)c1C)S(C)(=O)=O. The summed E-state index contributed by atoms with van der Waals surface area (Å²) in [5.74, 6) is 0.565. The van der Waals surface area contributed by atoms with E-state index in [-0.39, 0.29) is 37.2 Å². The number of hydrogen-bond acceptors (Lipinski definition) is 5. The van der Waals surface area contributed by atoms with Crippen LogP contribution in [0.2, 0.25) is 0 Å². The molecular weight excluding hydrogens is 502 g/mol. The largest absolute Gasteiger partial charge is 0.497 e. The number of aryl methyl sites for hydroxylation is 1. The summed E-state index contributed by atoms with van der Waals surface area (Å²) in [6, 6.07) is 12.3. The maximum atomic E-state index is 13.6. The summed E-state index contributed by atoms with van der Waals surface area (Å²) in [7, 11) is -1.97. The number of hydrogen-bond donors (Lipinski definition) is 1. The van der Waals surface area contributed by atoms with Crippen molar-refractivity contribution in [2.45, 2.75) is 66.5 Å². The predicted octanol–water partition coefficient (Wildman–Crippen LogP) is 4.44. The van der Waals surface area contributed by atoms with Crippen LogP contribution >= 0.6 is 0 Å². The molecule has 0 saturated heterocycles. The fraction of sp³-hybridized carbons (Fsp3) is 0.517. The minimum absolute atomic E-state index is 0.106. The van der Waals surface area contributed by atoms with Crippen molar-refractivity contribution < 1.29 is 22.7 Å². The first kappa shape index (κ1) is 31.1. The van der Waals surface area contributed by atoms with Crippen LogP contribution in [-0.2, 0) is 26.2 Å². The minimum Gasteiger partial charge on any atom is -0.497 e. The Bertz CT molecular complexity index is 1200. The van der Waals surface area contributed by atoms with E-state index in [9.17, 15) is 18.0 Å². The third kappa shape index (κ3) is 8.75. The van der Waals surface area contributed by atoms with Gasteiger partial charge in [-0.3, -0.25) is 13.9 Å². The second kappa shape index (κ2) is 14.2. The smallest absolute Gasteiger partial charge is 0.242 e. The number of carbonyl (C=O) groups excluding carboxylic acids is 2. The maximum absolute atomic E-state index is 13.6. The number of benzene rings is 2. The molecule has 0 fully saturated rings. The van der Waals surface area contributed by atoms with Gasteiger partial charge in [0.2, 0.25) is 21.8 Å². The molecule has 1 N–H and O–H groups in total. The van der Waals surface area contributed by atoms with E-state index >= 15 is 0 Å². The third-order valence-electron chi connectivity index (χ3n) is 6.55. The molecule has 0 aliphatic carbocycles. The molecule has 2 aromatic carbocycles. The summed E-state index contributed by atoms with van der Waals surface area (Å²) in [4.78, 5) is 28.3. The minimum atomic E-state index is -3.55. The highest BCUT2D eigenvalue weighted by molar-refractivity contribution is 7.92. The zero-order valence-electron chi connectivity index (χ0n) is 23.8. The number of carbonyl (C=O) groups is 2. The van der Waals surface area contributed by atoms with Crippen molar-refractivity contribution in [1.29, 1.82) is 0 Å². The molecule has 0 radical (unpaired) electrons. The molecule has 0 aliphatic heterocycles. The fourth-order valence-corrected chi connectivity index (χ4v) is 5.31. The monoisotopic (exact) mass is 545 g/mol. The number of nitrogens with zero attached hydrogens (tertiary/aromatic N) is 2. The Morgan fingerprint density at radius 1 is 1.08 bits per heavy atom. The number of sulfonamides is 1. The Kier molecular flexibility index (Phi) is 11.6. The molecule has 2 rings (SSSR count). The number of rotatable bonds is 14. The molecule has 1 atom stereocenters. The van der Waals surface area contributed by atoms with Crippen molar-refractivity contribution in [2.75, 3.05) is 30.8 Å². The number of nitrogens with one attached hydrogen (secondary N) is 1. The molecule has 0 heterocycles. The van der Waals surface area contributed by atoms with Gasteiger partial charge >= 0.3 is 0 Å². The maximum Gasteiger partial charge on any atom is 0.242 e. The summed E-state index contributed by atoms with van der Waals surface area (Å²) < 4.78 is 32.0. The topological polar surface area (TPSA) is 96.0 Å². The van der Waals surface area contributed by atoms with Crippen LogP contribution in [0.15, 0.2) is 42.5 Å². The zero-order valence-corrected chi connectivity index (χ0v) is 24.6. The van der Waals surface area contributed by atoms with Gasteiger partial charge in [-0.2, -0.15) is 0 Å². The van der Waals surface area contributed by atoms with Crippen molar-refractivity contribution in [3.8, 4) is 5.75 Å². The van der Waals surface area contributed by atoms with E-state index in [0.717, 1.165) is 16.7 Å². The van der Waals surface area contributed by atoms with Gasteiger partial charge in [-0.25, -0.2) is 8.42 Å². The van der Waals surface area contributed by atoms with E-state index in [0.29, 0.717) is 30.8 Å². The van der Waals surface area contributed by atoms with E-state index in [1.807, 2.05) is 71.0 Å². The average molecular weight is 546 g/mol. The van der Waals surface area contributed by atoms with Crippen LogP contribution in [0.25, 0.3) is 0 Å². The van der Waals surface area contributed by atoms with Crippen LogP contribution in [0.3, 0.4) is 0 Å². The van der Waals surface area contributed by atoms with Gasteiger partial charge in [0, 0.05) is 26.1 Å². The van der Waals surface area contributed by atoms with Crippen LogP contribution in [0.4, 0.5) is 5.69 Å². The Morgan fingerprint density at radius 3 is 2.37 bits per heavy atom. The molecular formula is C29H43N3O5S. The van der Waals surface area contributed by atoms with E-state index in [2.05, 4.69) is 5.32 Å². The fourth-order valence-electron chi connectivity index (χ4n) is 4.30. The van der Waals surface area contributed by atoms with E-state index < -0.39 is 16.1 Å². The molecule has 210 valence electrons. The van der Waals surface area contributed by atoms with Gasteiger partial charge in [-0.05, 0) is 67.5 Å². The highest BCUT2D eigenvalue weighted by Crippen LogP contribution is 2.26. The van der Waals surface area contributed by atoms with Crippen LogP contribution in [0.5, 0.6) is 5.75 Å². The first-order chi connectivity index (χ1) is 17.9. The van der Waals surface area contributed by atoms with Gasteiger partial charge in [-0.15, -0.1) is 0 Å². The van der Waals surface area contributed by atoms with E-state index in [4.69, 9.17) is 4.74 Å². The quantitative estimate of drug-likeness (QED) is 0.379. The highest BCUT2D eigenvalue weighted by Gasteiger charge is 2.29. The number of amides is 2. The number of methoxy groups -OCH3 is 1. The second-order valence-corrected chi connectivity index (χ2v) is 12.0. The van der Waals surface area contributed by atoms with Crippen molar-refractivity contribution in [3.63, 3.8) is 0 Å². The lowest BCUT2D eigenvalue weighted by molar-refractivity contribution is -0.141. The van der Waals surface area contributed by atoms with Crippen LogP contribution in [0, 0.1) is 19.8 Å². The first-order valence-corrected chi connectivity index (χ1v) is 15.0. The lowest BCUT2D eigenvalue weighted by Crippen LogP contribution is -2.49. The van der Waals surface area contributed by atoms with Gasteiger partial charge in [0.1, 0.15) is 11.8 Å². The molecule has 0 bridgehead atoms. The Morgan fingerprint density at radius 2 is 1.76 bits per heavy atom. The molecule has 2 amide bonds. The number of anilines is 1. The standard InChI is InChI=1S/C29H43N3O5S/c1-8-26(29(34)30-19-21(2)3)31(20-24-13-10-14-25(18-24)37-6)28(33)16-11-17-32(38(7,35)36)27-15-9-12-22(4)23(27)5/h9-10,12-15,18,21,26H,8,11,16-17,19-20H2,1-7H3,(H,30,34). The second-order valence-electron chi connectivity index (χ2n) is 10.1. The Hall–Kier alpha value is -3.07. The third-order valence-corrected chi connectivity index (χ3v) is 7.73. The van der Waals surface area contributed by atoms with Gasteiger partial charge in [-0.1, -0.05) is 45.0 Å². The average Bonchev–Trinajstić information content (AvgIpc) is 2.86. The lowest BCUT2D eigenvalue weighted by atomic mass is 10.1. The predicted molar refractivity (Wildman–Crippen MR) is 153 cm³/mol. The summed E-state index contributed by atoms with van der Waals surface area (Å²) >= 11 is 0. The summed E-state index contributed by atoms with van der Waals surface area (Å²) in [6.07, 6.45) is 2.06. The number of ether oxygens (including phenoxy) is 1. The van der Waals surface area contributed by atoms with Gasteiger partial charge in [0.25, 0.3) is 0 Å². The van der Waals surface area contributed by atoms with Crippen LogP contribution in [0.1, 0.15) is 56.7 Å². The molecule has 0 saturated carbocycles.